The third kappa shape index (κ3) is 3.21. The van der Waals surface area contributed by atoms with Crippen LogP contribution in [0, 0.1) is 0 Å². The first kappa shape index (κ1) is 13.3. The standard InChI is InChI=1S/C13H13Cl2N3/c14-9-4-5-12(15)11(7-9)13(18-16)8-10-3-1-2-6-17-10/h1-7,13,18H,8,16H2. The summed E-state index contributed by atoms with van der Waals surface area (Å²) in [5.74, 6) is 5.59. The first-order chi connectivity index (χ1) is 8.70. The van der Waals surface area contributed by atoms with Crippen molar-refractivity contribution < 1.29 is 0 Å². The molecule has 1 heterocycles. The second-order valence-electron chi connectivity index (χ2n) is 3.91. The average Bonchev–Trinajstić information content (AvgIpc) is 2.40. The summed E-state index contributed by atoms with van der Waals surface area (Å²) in [4.78, 5) is 4.27. The van der Waals surface area contributed by atoms with E-state index in [1.54, 1.807) is 18.3 Å². The molecule has 0 aliphatic carbocycles. The maximum Gasteiger partial charge on any atom is 0.0530 e. The van der Waals surface area contributed by atoms with Gasteiger partial charge >= 0.3 is 0 Å². The van der Waals surface area contributed by atoms with Gasteiger partial charge in [-0.2, -0.15) is 0 Å². The average molecular weight is 282 g/mol. The molecule has 3 nitrogen and oxygen atoms in total. The zero-order valence-electron chi connectivity index (χ0n) is 9.61. The molecule has 1 unspecified atom stereocenters. The van der Waals surface area contributed by atoms with E-state index in [1.165, 1.54) is 0 Å². The SMILES string of the molecule is NNC(Cc1ccccn1)c1cc(Cl)ccc1Cl. The van der Waals surface area contributed by atoms with E-state index in [1.807, 2.05) is 24.3 Å². The number of benzene rings is 1. The Morgan fingerprint density at radius 2 is 2.06 bits per heavy atom. The predicted octanol–water partition coefficient (Wildman–Crippen LogP) is 3.14. The van der Waals surface area contributed by atoms with Crippen molar-refractivity contribution in [2.45, 2.75) is 12.5 Å². The van der Waals surface area contributed by atoms with Crippen molar-refractivity contribution >= 4 is 23.2 Å². The topological polar surface area (TPSA) is 50.9 Å². The van der Waals surface area contributed by atoms with Crippen molar-refractivity contribution in [1.82, 2.24) is 10.4 Å². The van der Waals surface area contributed by atoms with Gasteiger partial charge in [0.05, 0.1) is 6.04 Å². The summed E-state index contributed by atoms with van der Waals surface area (Å²) >= 11 is 12.1. The molecular formula is C13H13Cl2N3. The third-order valence-electron chi connectivity index (χ3n) is 2.67. The highest BCUT2D eigenvalue weighted by Crippen LogP contribution is 2.27. The molecule has 0 aliphatic rings. The quantitative estimate of drug-likeness (QED) is 0.669. The number of aromatic nitrogens is 1. The molecule has 1 atom stereocenters. The predicted molar refractivity (Wildman–Crippen MR) is 74.5 cm³/mol. The van der Waals surface area contributed by atoms with E-state index in [2.05, 4.69) is 10.4 Å². The molecular weight excluding hydrogens is 269 g/mol. The normalized spacial score (nSPS) is 12.4. The van der Waals surface area contributed by atoms with Crippen LogP contribution in [-0.2, 0) is 6.42 Å². The molecule has 2 rings (SSSR count). The summed E-state index contributed by atoms with van der Waals surface area (Å²) in [5.41, 5.74) is 4.57. The van der Waals surface area contributed by atoms with E-state index < -0.39 is 0 Å². The number of hydrazine groups is 1. The summed E-state index contributed by atoms with van der Waals surface area (Å²) in [6.07, 6.45) is 2.40. The second kappa shape index (κ2) is 6.16. The van der Waals surface area contributed by atoms with E-state index in [9.17, 15) is 0 Å². The molecule has 1 aromatic heterocycles. The van der Waals surface area contributed by atoms with Gasteiger partial charge in [0.25, 0.3) is 0 Å². The molecule has 3 N–H and O–H groups in total. The van der Waals surface area contributed by atoms with Crippen LogP contribution in [0.3, 0.4) is 0 Å². The molecule has 2 aromatic rings. The molecule has 0 bridgehead atoms. The smallest absolute Gasteiger partial charge is 0.0530 e. The lowest BCUT2D eigenvalue weighted by molar-refractivity contribution is 0.546. The molecule has 94 valence electrons. The molecule has 0 aliphatic heterocycles. The highest BCUT2D eigenvalue weighted by atomic mass is 35.5. The second-order valence-corrected chi connectivity index (χ2v) is 4.75. The van der Waals surface area contributed by atoms with Crippen molar-refractivity contribution in [1.29, 1.82) is 0 Å². The first-order valence-corrected chi connectivity index (χ1v) is 6.27. The van der Waals surface area contributed by atoms with Crippen LogP contribution in [0.5, 0.6) is 0 Å². The van der Waals surface area contributed by atoms with E-state index in [-0.39, 0.29) is 6.04 Å². The number of rotatable bonds is 4. The highest BCUT2D eigenvalue weighted by molar-refractivity contribution is 6.33. The fourth-order valence-electron chi connectivity index (χ4n) is 1.77. The summed E-state index contributed by atoms with van der Waals surface area (Å²) < 4.78 is 0. The van der Waals surface area contributed by atoms with Gasteiger partial charge in [-0.3, -0.25) is 16.3 Å². The van der Waals surface area contributed by atoms with Crippen molar-refractivity contribution in [3.63, 3.8) is 0 Å². The number of nitrogens with zero attached hydrogens (tertiary/aromatic N) is 1. The largest absolute Gasteiger partial charge is 0.271 e. The lowest BCUT2D eigenvalue weighted by atomic mass is 10.0. The van der Waals surface area contributed by atoms with Crippen LogP contribution in [0.25, 0.3) is 0 Å². The van der Waals surface area contributed by atoms with Crippen LogP contribution >= 0.6 is 23.2 Å². The minimum atomic E-state index is -0.119. The van der Waals surface area contributed by atoms with Crippen molar-refractivity contribution in [3.8, 4) is 0 Å². The number of halogens is 2. The Balaban J connectivity index is 2.26. The molecule has 0 spiro atoms. The zero-order chi connectivity index (χ0) is 13.0. The van der Waals surface area contributed by atoms with Gasteiger partial charge in [0.1, 0.15) is 0 Å². The zero-order valence-corrected chi connectivity index (χ0v) is 11.1. The summed E-state index contributed by atoms with van der Waals surface area (Å²) in [6, 6.07) is 11.0. The van der Waals surface area contributed by atoms with E-state index in [0.29, 0.717) is 16.5 Å². The molecule has 0 saturated carbocycles. The van der Waals surface area contributed by atoms with Gasteiger partial charge in [-0.25, -0.2) is 0 Å². The van der Waals surface area contributed by atoms with Crippen LogP contribution < -0.4 is 11.3 Å². The molecule has 18 heavy (non-hydrogen) atoms. The first-order valence-electron chi connectivity index (χ1n) is 5.51. The van der Waals surface area contributed by atoms with Crippen molar-refractivity contribution in [3.05, 3.63) is 63.9 Å². The maximum atomic E-state index is 6.16. The number of hydrogen-bond acceptors (Lipinski definition) is 3. The van der Waals surface area contributed by atoms with Crippen molar-refractivity contribution in [2.75, 3.05) is 0 Å². The number of hydrogen-bond donors (Lipinski definition) is 2. The van der Waals surface area contributed by atoms with Gasteiger partial charge in [-0.15, -0.1) is 0 Å². The molecule has 5 heteroatoms. The fourth-order valence-corrected chi connectivity index (χ4v) is 2.20. The molecule has 1 aromatic carbocycles. The Kier molecular flexibility index (Phi) is 4.55. The Labute approximate surface area is 116 Å². The van der Waals surface area contributed by atoms with Gasteiger partial charge in [0.15, 0.2) is 0 Å². The van der Waals surface area contributed by atoms with Crippen LogP contribution in [0.15, 0.2) is 42.6 Å². The Bertz CT molecular complexity index is 517. The van der Waals surface area contributed by atoms with Gasteiger partial charge in [-0.1, -0.05) is 29.3 Å². The van der Waals surface area contributed by atoms with E-state index in [0.717, 1.165) is 11.3 Å². The third-order valence-corrected chi connectivity index (χ3v) is 3.25. The monoisotopic (exact) mass is 281 g/mol. The minimum absolute atomic E-state index is 0.119. The highest BCUT2D eigenvalue weighted by Gasteiger charge is 2.15. The van der Waals surface area contributed by atoms with Gasteiger partial charge in [0.2, 0.25) is 0 Å². The molecule has 0 saturated heterocycles. The number of nitrogens with one attached hydrogen (secondary N) is 1. The van der Waals surface area contributed by atoms with Crippen LogP contribution in [0.1, 0.15) is 17.3 Å². The van der Waals surface area contributed by atoms with E-state index >= 15 is 0 Å². The summed E-state index contributed by atoms with van der Waals surface area (Å²) in [6.45, 7) is 0. The lowest BCUT2D eigenvalue weighted by Gasteiger charge is -2.17. The van der Waals surface area contributed by atoms with E-state index in [4.69, 9.17) is 29.0 Å². The Morgan fingerprint density at radius 3 is 2.72 bits per heavy atom. The van der Waals surface area contributed by atoms with Crippen LogP contribution in [0.2, 0.25) is 10.0 Å². The summed E-state index contributed by atoms with van der Waals surface area (Å²) in [5, 5.41) is 1.27. The minimum Gasteiger partial charge on any atom is -0.271 e. The lowest BCUT2D eigenvalue weighted by Crippen LogP contribution is -2.30. The Hall–Kier alpha value is -1.13. The van der Waals surface area contributed by atoms with Gasteiger partial charge in [-0.05, 0) is 35.9 Å². The number of pyridine rings is 1. The van der Waals surface area contributed by atoms with Gasteiger partial charge in [0, 0.05) is 28.4 Å². The molecule has 0 fully saturated rings. The maximum absolute atomic E-state index is 6.16. The number of nitrogens with two attached hydrogens (primary N) is 1. The van der Waals surface area contributed by atoms with Crippen LogP contribution in [-0.4, -0.2) is 4.98 Å². The molecule has 0 radical (unpaired) electrons. The fraction of sp³-hybridized carbons (Fsp3) is 0.154. The summed E-state index contributed by atoms with van der Waals surface area (Å²) in [7, 11) is 0. The van der Waals surface area contributed by atoms with Crippen molar-refractivity contribution in [2.24, 2.45) is 5.84 Å². The van der Waals surface area contributed by atoms with Crippen LogP contribution in [0.4, 0.5) is 0 Å². The Morgan fingerprint density at radius 1 is 1.22 bits per heavy atom. The van der Waals surface area contributed by atoms with Gasteiger partial charge < -0.3 is 0 Å². The molecule has 0 amide bonds.